The van der Waals surface area contributed by atoms with Crippen LogP contribution in [0.1, 0.15) is 54.9 Å². The largest absolute Gasteiger partial charge is 0.483 e. The van der Waals surface area contributed by atoms with Crippen molar-refractivity contribution in [3.05, 3.63) is 64.7 Å². The van der Waals surface area contributed by atoms with Crippen LogP contribution in [0.3, 0.4) is 0 Å². The topological polar surface area (TPSA) is 41.6 Å². The van der Waals surface area contributed by atoms with E-state index < -0.39 is 0 Å². The van der Waals surface area contributed by atoms with E-state index in [0.717, 1.165) is 29.0 Å². The summed E-state index contributed by atoms with van der Waals surface area (Å²) in [6.45, 7) is 10.3. The van der Waals surface area contributed by atoms with Gasteiger partial charge >= 0.3 is 0 Å². The number of aryl methyl sites for hydroxylation is 1. The fourth-order valence-corrected chi connectivity index (χ4v) is 3.60. The maximum Gasteiger partial charge on any atom is 0.258 e. The number of benzene rings is 2. The predicted molar refractivity (Wildman–Crippen MR) is 114 cm³/mol. The Bertz CT molecular complexity index is 778. The minimum atomic E-state index is -0.0997. The highest BCUT2D eigenvalue weighted by Crippen LogP contribution is 2.27. The Kier molecular flexibility index (Phi) is 7.10. The third-order valence-corrected chi connectivity index (χ3v) is 5.27. The molecule has 1 aliphatic rings. The van der Waals surface area contributed by atoms with Crippen LogP contribution in [0.5, 0.6) is 5.75 Å². The van der Waals surface area contributed by atoms with Crippen molar-refractivity contribution in [2.75, 3.05) is 19.7 Å². The first-order valence-corrected chi connectivity index (χ1v) is 10.3. The van der Waals surface area contributed by atoms with Gasteiger partial charge < -0.3 is 10.1 Å². The zero-order chi connectivity index (χ0) is 19.9. The number of rotatable bonds is 8. The number of carbonyl (C=O) groups is 1. The summed E-state index contributed by atoms with van der Waals surface area (Å²) in [6.07, 6.45) is 2.63. The third-order valence-electron chi connectivity index (χ3n) is 5.27. The van der Waals surface area contributed by atoms with Crippen molar-refractivity contribution in [1.82, 2.24) is 10.2 Å². The summed E-state index contributed by atoms with van der Waals surface area (Å²) in [7, 11) is 0. The van der Waals surface area contributed by atoms with Crippen LogP contribution >= 0.6 is 0 Å². The lowest BCUT2D eigenvalue weighted by Crippen LogP contribution is -2.28. The number of carbonyl (C=O) groups excluding carboxylic acids is 1. The molecule has 0 bridgehead atoms. The van der Waals surface area contributed by atoms with Crippen LogP contribution in [0.25, 0.3) is 0 Å². The van der Waals surface area contributed by atoms with Crippen LogP contribution < -0.4 is 10.1 Å². The fraction of sp³-hybridized carbons (Fsp3) is 0.458. The summed E-state index contributed by atoms with van der Waals surface area (Å²) in [4.78, 5) is 14.7. The van der Waals surface area contributed by atoms with Crippen molar-refractivity contribution >= 4 is 5.91 Å². The number of likely N-dealkylation sites (tertiary alicyclic amines) is 1. The highest BCUT2D eigenvalue weighted by Gasteiger charge is 2.12. The molecule has 1 amide bonds. The van der Waals surface area contributed by atoms with Crippen molar-refractivity contribution in [3.8, 4) is 5.75 Å². The van der Waals surface area contributed by atoms with Gasteiger partial charge in [0.15, 0.2) is 6.61 Å². The van der Waals surface area contributed by atoms with E-state index in [9.17, 15) is 4.79 Å². The molecule has 3 rings (SSSR count). The first kappa shape index (κ1) is 20.4. The zero-order valence-corrected chi connectivity index (χ0v) is 17.3. The molecule has 0 saturated carbocycles. The van der Waals surface area contributed by atoms with Crippen molar-refractivity contribution in [1.29, 1.82) is 0 Å². The average molecular weight is 381 g/mol. The minimum absolute atomic E-state index is 0.0379. The summed E-state index contributed by atoms with van der Waals surface area (Å²) < 4.78 is 5.81. The van der Waals surface area contributed by atoms with Gasteiger partial charge in [0.05, 0.1) is 0 Å². The van der Waals surface area contributed by atoms with Crippen molar-refractivity contribution in [2.45, 2.75) is 52.6 Å². The normalized spacial score (nSPS) is 14.4. The molecule has 150 valence electrons. The summed E-state index contributed by atoms with van der Waals surface area (Å²) >= 11 is 0. The van der Waals surface area contributed by atoms with E-state index in [1.165, 1.54) is 31.5 Å². The Hall–Kier alpha value is -2.33. The molecule has 1 heterocycles. The molecular weight excluding hydrogens is 348 g/mol. The van der Waals surface area contributed by atoms with E-state index >= 15 is 0 Å². The first-order chi connectivity index (χ1) is 13.5. The summed E-state index contributed by atoms with van der Waals surface area (Å²) in [5.74, 6) is 1.06. The lowest BCUT2D eigenvalue weighted by molar-refractivity contribution is -0.123. The second-order valence-corrected chi connectivity index (χ2v) is 8.06. The molecule has 0 aromatic heterocycles. The van der Waals surface area contributed by atoms with Gasteiger partial charge in [-0.05, 0) is 67.1 Å². The van der Waals surface area contributed by atoms with Crippen LogP contribution in [-0.2, 0) is 17.9 Å². The number of amides is 1. The van der Waals surface area contributed by atoms with Crippen molar-refractivity contribution in [3.63, 3.8) is 0 Å². The van der Waals surface area contributed by atoms with E-state index in [1.54, 1.807) is 0 Å². The maximum absolute atomic E-state index is 12.2. The van der Waals surface area contributed by atoms with Crippen LogP contribution in [0.15, 0.2) is 42.5 Å². The maximum atomic E-state index is 12.2. The second-order valence-electron chi connectivity index (χ2n) is 8.06. The van der Waals surface area contributed by atoms with Crippen LogP contribution in [0, 0.1) is 6.92 Å². The molecule has 1 fully saturated rings. The van der Waals surface area contributed by atoms with E-state index in [-0.39, 0.29) is 12.5 Å². The smallest absolute Gasteiger partial charge is 0.258 e. The molecule has 2 aromatic carbocycles. The SMILES string of the molecule is Cc1ccc(C(C)C)c(OCC(=O)NCc2ccc(CN3CCCC3)cc2)c1. The number of nitrogens with zero attached hydrogens (tertiary/aromatic N) is 1. The Morgan fingerprint density at radius 3 is 2.43 bits per heavy atom. The molecule has 0 unspecified atom stereocenters. The summed E-state index contributed by atoms with van der Waals surface area (Å²) in [5.41, 5.74) is 4.71. The molecule has 0 radical (unpaired) electrons. The second kappa shape index (κ2) is 9.74. The monoisotopic (exact) mass is 380 g/mol. The molecule has 0 spiro atoms. The van der Waals surface area contributed by atoms with Gasteiger partial charge in [0.1, 0.15) is 5.75 Å². The van der Waals surface area contributed by atoms with Gasteiger partial charge in [-0.3, -0.25) is 9.69 Å². The standard InChI is InChI=1S/C24H32N2O2/c1-18(2)22-11-6-19(3)14-23(22)28-17-24(27)25-15-20-7-9-21(10-8-20)16-26-12-4-5-13-26/h6-11,14,18H,4-5,12-13,15-17H2,1-3H3,(H,25,27). The Morgan fingerprint density at radius 2 is 1.75 bits per heavy atom. The molecule has 1 aliphatic heterocycles. The van der Waals surface area contributed by atoms with E-state index in [4.69, 9.17) is 4.74 Å². The highest BCUT2D eigenvalue weighted by atomic mass is 16.5. The third kappa shape index (κ3) is 5.83. The molecular formula is C24H32N2O2. The molecule has 0 atom stereocenters. The Balaban J connectivity index is 1.46. The van der Waals surface area contributed by atoms with E-state index in [1.807, 2.05) is 13.0 Å². The first-order valence-electron chi connectivity index (χ1n) is 10.3. The fourth-order valence-electron chi connectivity index (χ4n) is 3.60. The predicted octanol–water partition coefficient (Wildman–Crippen LogP) is 4.41. The Morgan fingerprint density at radius 1 is 1.07 bits per heavy atom. The van der Waals surface area contributed by atoms with Gasteiger partial charge in [0, 0.05) is 13.1 Å². The van der Waals surface area contributed by atoms with Gasteiger partial charge in [0.2, 0.25) is 0 Å². The number of hydrogen-bond donors (Lipinski definition) is 1. The number of hydrogen-bond acceptors (Lipinski definition) is 3. The van der Waals surface area contributed by atoms with Gasteiger partial charge in [-0.2, -0.15) is 0 Å². The van der Waals surface area contributed by atoms with Gasteiger partial charge in [0.25, 0.3) is 5.91 Å². The van der Waals surface area contributed by atoms with Crippen LogP contribution in [0.4, 0.5) is 0 Å². The molecule has 4 heteroatoms. The van der Waals surface area contributed by atoms with E-state index in [2.05, 4.69) is 60.5 Å². The van der Waals surface area contributed by atoms with Gasteiger partial charge in [-0.25, -0.2) is 0 Å². The molecule has 0 aliphatic carbocycles. The van der Waals surface area contributed by atoms with Crippen LogP contribution in [-0.4, -0.2) is 30.5 Å². The summed E-state index contributed by atoms with van der Waals surface area (Å²) in [6, 6.07) is 14.7. The highest BCUT2D eigenvalue weighted by molar-refractivity contribution is 5.77. The zero-order valence-electron chi connectivity index (χ0n) is 17.3. The molecule has 28 heavy (non-hydrogen) atoms. The van der Waals surface area contributed by atoms with Crippen molar-refractivity contribution in [2.24, 2.45) is 0 Å². The molecule has 1 N–H and O–H groups in total. The average Bonchev–Trinajstić information content (AvgIpc) is 3.18. The minimum Gasteiger partial charge on any atom is -0.483 e. The molecule has 1 saturated heterocycles. The quantitative estimate of drug-likeness (QED) is 0.738. The van der Waals surface area contributed by atoms with Crippen molar-refractivity contribution < 1.29 is 9.53 Å². The van der Waals surface area contributed by atoms with E-state index in [0.29, 0.717) is 12.5 Å². The Labute approximate surface area is 168 Å². The van der Waals surface area contributed by atoms with Gasteiger partial charge in [-0.1, -0.05) is 50.2 Å². The number of nitrogens with one attached hydrogen (secondary N) is 1. The summed E-state index contributed by atoms with van der Waals surface area (Å²) in [5, 5.41) is 2.95. The number of ether oxygens (including phenoxy) is 1. The van der Waals surface area contributed by atoms with Crippen LogP contribution in [0.2, 0.25) is 0 Å². The molecule has 2 aromatic rings. The lowest BCUT2D eigenvalue weighted by atomic mass is 10.0. The van der Waals surface area contributed by atoms with Gasteiger partial charge in [-0.15, -0.1) is 0 Å². The molecule has 4 nitrogen and oxygen atoms in total. The lowest BCUT2D eigenvalue weighted by Gasteiger charge is -2.15.